The molecule has 1 saturated carbocycles. The maximum Gasteiger partial charge on any atom is 0.227 e. The number of pyridine rings is 1. The first-order chi connectivity index (χ1) is 16.5. The first-order valence-electron chi connectivity index (χ1n) is 11.2. The number of carbonyl (C=O) groups is 2. The van der Waals surface area contributed by atoms with Gasteiger partial charge in [-0.3, -0.25) is 9.59 Å². The van der Waals surface area contributed by atoms with Crippen LogP contribution in [0.5, 0.6) is 0 Å². The lowest BCUT2D eigenvalue weighted by molar-refractivity contribution is -0.117. The van der Waals surface area contributed by atoms with E-state index in [0.29, 0.717) is 23.8 Å². The average Bonchev–Trinajstić information content (AvgIpc) is 3.72. The van der Waals surface area contributed by atoms with Crippen LogP contribution >= 0.6 is 0 Å². The van der Waals surface area contributed by atoms with Gasteiger partial charge in [0.25, 0.3) is 0 Å². The molecule has 2 amide bonds. The summed E-state index contributed by atoms with van der Waals surface area (Å²) in [5, 5.41) is 5.55. The fourth-order valence-corrected chi connectivity index (χ4v) is 2.89. The zero-order chi connectivity index (χ0) is 24.3. The summed E-state index contributed by atoms with van der Waals surface area (Å²) < 4.78 is 5.72. The highest BCUT2D eigenvalue weighted by molar-refractivity contribution is 5.94. The average molecular weight is 456 g/mol. The molecule has 1 aliphatic carbocycles. The number of rotatable bonds is 8. The summed E-state index contributed by atoms with van der Waals surface area (Å²) >= 11 is 0. The molecule has 3 aromatic rings. The zero-order valence-corrected chi connectivity index (χ0v) is 19.3. The first-order valence-corrected chi connectivity index (χ1v) is 11.2. The molecule has 0 saturated heterocycles. The summed E-state index contributed by atoms with van der Waals surface area (Å²) in [6.07, 6.45) is 4.12. The number of nitrogens with one attached hydrogen (secondary N) is 2. The van der Waals surface area contributed by atoms with Gasteiger partial charge in [-0.2, -0.15) is 0 Å². The van der Waals surface area contributed by atoms with E-state index in [0.717, 1.165) is 29.7 Å². The van der Waals surface area contributed by atoms with Crippen LogP contribution in [-0.4, -0.2) is 16.8 Å². The van der Waals surface area contributed by atoms with Crippen molar-refractivity contribution < 1.29 is 14.3 Å². The van der Waals surface area contributed by atoms with E-state index in [1.807, 2.05) is 66.7 Å². The van der Waals surface area contributed by atoms with Gasteiger partial charge in [0, 0.05) is 35.3 Å². The van der Waals surface area contributed by atoms with Gasteiger partial charge < -0.3 is 15.4 Å². The molecule has 0 radical (unpaired) electrons. The van der Waals surface area contributed by atoms with Crippen molar-refractivity contribution in [2.75, 3.05) is 10.6 Å². The number of amides is 2. The van der Waals surface area contributed by atoms with Crippen LogP contribution in [0.1, 0.15) is 37.3 Å². The number of carbonyl (C=O) groups excluding carboxylic acids is 2. The van der Waals surface area contributed by atoms with Crippen LogP contribution in [0.25, 0.3) is 11.5 Å². The Bertz CT molecular complexity index is 1120. The Hall–Kier alpha value is -4.19. The van der Waals surface area contributed by atoms with Gasteiger partial charge in [-0.1, -0.05) is 56.5 Å². The van der Waals surface area contributed by atoms with Crippen LogP contribution in [0.15, 0.2) is 92.2 Å². The van der Waals surface area contributed by atoms with Crippen molar-refractivity contribution in [2.24, 2.45) is 5.92 Å². The lowest BCUT2D eigenvalue weighted by Gasteiger charge is -2.12. The number of ether oxygens (including phenoxy) is 1. The van der Waals surface area contributed by atoms with Gasteiger partial charge >= 0.3 is 0 Å². The molecule has 6 nitrogen and oxygen atoms in total. The number of anilines is 2. The summed E-state index contributed by atoms with van der Waals surface area (Å²) in [6.45, 7) is 9.69. The fraction of sp³-hybridized carbons (Fsp3) is 0.179. The van der Waals surface area contributed by atoms with Crippen LogP contribution in [0.4, 0.5) is 11.5 Å². The van der Waals surface area contributed by atoms with Gasteiger partial charge in [-0.15, -0.1) is 0 Å². The third-order valence-corrected chi connectivity index (χ3v) is 5.02. The second-order valence-corrected chi connectivity index (χ2v) is 7.77. The fourth-order valence-electron chi connectivity index (χ4n) is 2.89. The molecule has 0 unspecified atom stereocenters. The quantitative estimate of drug-likeness (QED) is 0.401. The third kappa shape index (κ3) is 7.74. The summed E-state index contributed by atoms with van der Waals surface area (Å²) in [5.41, 5.74) is 2.56. The van der Waals surface area contributed by atoms with E-state index >= 15 is 0 Å². The number of hydrogen-bond donors (Lipinski definition) is 2. The Labute approximate surface area is 200 Å². The predicted octanol–water partition coefficient (Wildman–Crippen LogP) is 6.12. The minimum absolute atomic E-state index is 0.0105. The Morgan fingerprint density at radius 3 is 2.06 bits per heavy atom. The lowest BCUT2D eigenvalue weighted by atomic mass is 10.1. The van der Waals surface area contributed by atoms with Crippen LogP contribution in [-0.2, 0) is 14.3 Å². The van der Waals surface area contributed by atoms with Gasteiger partial charge in [0.1, 0.15) is 17.3 Å². The molecule has 6 heteroatoms. The predicted molar refractivity (Wildman–Crippen MR) is 137 cm³/mol. The van der Waals surface area contributed by atoms with Crippen molar-refractivity contribution in [1.82, 2.24) is 4.98 Å². The molecule has 0 bridgehead atoms. The molecule has 0 atom stereocenters. The SMILES string of the molecule is C=C(OC(=C)c1ccc(NC(=O)C2CC2)cc1)c1ccccc1.CCC(=O)Nc1ccccn1. The summed E-state index contributed by atoms with van der Waals surface area (Å²) in [5.74, 6) is 1.98. The topological polar surface area (TPSA) is 80.3 Å². The van der Waals surface area contributed by atoms with E-state index < -0.39 is 0 Å². The molecule has 4 rings (SSSR count). The van der Waals surface area contributed by atoms with Crippen molar-refractivity contribution in [3.63, 3.8) is 0 Å². The number of aromatic nitrogens is 1. The Morgan fingerprint density at radius 1 is 0.882 bits per heavy atom. The molecule has 2 N–H and O–H groups in total. The van der Waals surface area contributed by atoms with Crippen LogP contribution in [0, 0.1) is 5.92 Å². The molecule has 0 aliphatic heterocycles. The van der Waals surface area contributed by atoms with Crippen molar-refractivity contribution in [3.05, 3.63) is 103 Å². The maximum absolute atomic E-state index is 11.7. The molecule has 34 heavy (non-hydrogen) atoms. The standard InChI is InChI=1S/C20H19NO2.C8H10N2O/c1-14(16-6-4-3-5-7-16)23-15(2)17-10-12-19(13-11-17)21-20(22)18-8-9-18;1-2-8(11)10-7-5-3-4-6-9-7/h3-7,10-13,18H,1-2,8-9H2,(H,21,22);3-6H,2H2,1H3,(H,9,10,11). The zero-order valence-electron chi connectivity index (χ0n) is 19.3. The molecule has 0 spiro atoms. The maximum atomic E-state index is 11.7. The highest BCUT2D eigenvalue weighted by atomic mass is 16.5. The summed E-state index contributed by atoms with van der Waals surface area (Å²) in [6, 6.07) is 22.6. The molecular formula is C28H29N3O3. The van der Waals surface area contributed by atoms with Gasteiger partial charge in [0.2, 0.25) is 11.8 Å². The number of hydrogen-bond acceptors (Lipinski definition) is 4. The highest BCUT2D eigenvalue weighted by Crippen LogP contribution is 2.30. The number of benzene rings is 2. The first kappa shape index (κ1) is 24.5. The monoisotopic (exact) mass is 455 g/mol. The summed E-state index contributed by atoms with van der Waals surface area (Å²) in [7, 11) is 0. The molecule has 174 valence electrons. The highest BCUT2D eigenvalue weighted by Gasteiger charge is 2.29. The van der Waals surface area contributed by atoms with E-state index in [-0.39, 0.29) is 17.7 Å². The summed E-state index contributed by atoms with van der Waals surface area (Å²) in [4.78, 5) is 26.5. The second kappa shape index (κ2) is 12.2. The van der Waals surface area contributed by atoms with E-state index in [1.165, 1.54) is 0 Å². The van der Waals surface area contributed by atoms with Crippen molar-refractivity contribution >= 4 is 34.8 Å². The normalized spacial score (nSPS) is 11.9. The molecule has 1 fully saturated rings. The van der Waals surface area contributed by atoms with Crippen molar-refractivity contribution in [3.8, 4) is 0 Å². The van der Waals surface area contributed by atoms with Crippen LogP contribution in [0.2, 0.25) is 0 Å². The van der Waals surface area contributed by atoms with Gasteiger partial charge in [0.05, 0.1) is 0 Å². The molecule has 1 aromatic heterocycles. The Morgan fingerprint density at radius 2 is 1.50 bits per heavy atom. The molecule has 1 heterocycles. The lowest BCUT2D eigenvalue weighted by Crippen LogP contribution is -2.13. The smallest absolute Gasteiger partial charge is 0.227 e. The third-order valence-electron chi connectivity index (χ3n) is 5.02. The number of nitrogens with zero attached hydrogens (tertiary/aromatic N) is 1. The van der Waals surface area contributed by atoms with E-state index in [1.54, 1.807) is 19.2 Å². The van der Waals surface area contributed by atoms with Gasteiger partial charge in [-0.05, 0) is 49.2 Å². The minimum atomic E-state index is -0.0105. The molecular weight excluding hydrogens is 426 g/mol. The van der Waals surface area contributed by atoms with Crippen LogP contribution < -0.4 is 10.6 Å². The van der Waals surface area contributed by atoms with Crippen LogP contribution in [0.3, 0.4) is 0 Å². The Kier molecular flexibility index (Phi) is 8.74. The Balaban J connectivity index is 0.000000248. The van der Waals surface area contributed by atoms with E-state index in [2.05, 4.69) is 28.8 Å². The largest absolute Gasteiger partial charge is 0.457 e. The minimum Gasteiger partial charge on any atom is -0.457 e. The van der Waals surface area contributed by atoms with Crippen molar-refractivity contribution in [1.29, 1.82) is 0 Å². The van der Waals surface area contributed by atoms with E-state index in [9.17, 15) is 9.59 Å². The van der Waals surface area contributed by atoms with Gasteiger partial charge in [-0.25, -0.2) is 4.98 Å². The van der Waals surface area contributed by atoms with E-state index in [4.69, 9.17) is 4.74 Å². The molecule has 1 aliphatic rings. The second-order valence-electron chi connectivity index (χ2n) is 7.77. The van der Waals surface area contributed by atoms with Crippen molar-refractivity contribution in [2.45, 2.75) is 26.2 Å². The van der Waals surface area contributed by atoms with Gasteiger partial charge in [0.15, 0.2) is 0 Å². The molecule has 2 aromatic carbocycles.